The van der Waals surface area contributed by atoms with E-state index in [1.807, 2.05) is 0 Å². The van der Waals surface area contributed by atoms with Crippen LogP contribution in [0.4, 0.5) is 5.82 Å². The predicted molar refractivity (Wildman–Crippen MR) is 129 cm³/mol. The summed E-state index contributed by atoms with van der Waals surface area (Å²) in [5, 5.41) is 18.8. The van der Waals surface area contributed by atoms with Crippen LogP contribution >= 0.6 is 0 Å². The monoisotopic (exact) mass is 506 g/mol. The molecule has 3 N–H and O–H groups in total. The lowest BCUT2D eigenvalue weighted by molar-refractivity contribution is 0.0727. The Morgan fingerprint density at radius 2 is 2.03 bits per heavy atom. The molecule has 2 heterocycles. The van der Waals surface area contributed by atoms with Crippen molar-refractivity contribution in [1.82, 2.24) is 30.7 Å². The Labute approximate surface area is 210 Å². The summed E-state index contributed by atoms with van der Waals surface area (Å²) in [5.41, 5.74) is 9.34. The van der Waals surface area contributed by atoms with Gasteiger partial charge in [-0.1, -0.05) is 11.3 Å². The van der Waals surface area contributed by atoms with Gasteiger partial charge < -0.3 is 19.9 Å². The second kappa shape index (κ2) is 11.0. The number of nitrogens with zero attached hydrogens (tertiary/aromatic N) is 6. The van der Waals surface area contributed by atoms with Crippen molar-refractivity contribution in [2.24, 2.45) is 5.10 Å². The van der Waals surface area contributed by atoms with E-state index in [1.165, 1.54) is 13.3 Å². The number of hydrazone groups is 1. The highest BCUT2D eigenvalue weighted by molar-refractivity contribution is 5.95. The highest BCUT2D eigenvalue weighted by Gasteiger charge is 2.22. The summed E-state index contributed by atoms with van der Waals surface area (Å²) in [6, 6.07) is 11.4. The van der Waals surface area contributed by atoms with Crippen molar-refractivity contribution in [3.8, 4) is 23.1 Å². The molecule has 2 aromatic carbocycles. The van der Waals surface area contributed by atoms with Gasteiger partial charge in [-0.25, -0.2) is 14.8 Å². The molecule has 37 heavy (non-hydrogen) atoms. The lowest BCUT2D eigenvalue weighted by Gasteiger charge is -2.11. The molecule has 2 aromatic heterocycles. The van der Waals surface area contributed by atoms with Crippen molar-refractivity contribution >= 4 is 23.9 Å². The lowest BCUT2D eigenvalue weighted by atomic mass is 10.2. The van der Waals surface area contributed by atoms with Crippen molar-refractivity contribution in [1.29, 1.82) is 0 Å². The number of aromatic nitrogens is 5. The maximum atomic E-state index is 12.7. The molecule has 1 amide bonds. The summed E-state index contributed by atoms with van der Waals surface area (Å²) in [4.78, 5) is 25.3. The van der Waals surface area contributed by atoms with Crippen LogP contribution in [-0.4, -0.2) is 57.1 Å². The highest BCUT2D eigenvalue weighted by atomic mass is 16.6. The first kappa shape index (κ1) is 24.8. The SMILES string of the molecule is CCOc1cc(C=NNC(=O)c2c(C)nnn2-c2nonc2N)ccc1OC(=O)c1cccc(OC)c1. The minimum atomic E-state index is -0.616. The topological polar surface area (TPSA) is 182 Å². The molecule has 0 radical (unpaired) electrons. The summed E-state index contributed by atoms with van der Waals surface area (Å²) in [6.45, 7) is 3.72. The number of ether oxygens (including phenoxy) is 3. The van der Waals surface area contributed by atoms with Gasteiger partial charge in [0.05, 0.1) is 31.2 Å². The minimum Gasteiger partial charge on any atom is -0.497 e. The van der Waals surface area contributed by atoms with Crippen LogP contribution in [0.15, 0.2) is 52.2 Å². The van der Waals surface area contributed by atoms with E-state index in [0.717, 1.165) is 4.68 Å². The second-order valence-electron chi connectivity index (χ2n) is 7.37. The second-order valence-corrected chi connectivity index (χ2v) is 7.37. The first-order valence-corrected chi connectivity index (χ1v) is 10.9. The average molecular weight is 506 g/mol. The Balaban J connectivity index is 1.48. The molecular formula is C23H22N8O6. The Hall–Kier alpha value is -5.27. The largest absolute Gasteiger partial charge is 0.497 e. The summed E-state index contributed by atoms with van der Waals surface area (Å²) in [6.07, 6.45) is 1.39. The quantitative estimate of drug-likeness (QED) is 0.146. The zero-order chi connectivity index (χ0) is 26.4. The number of nitrogen functional groups attached to an aromatic ring is 1. The van der Waals surface area contributed by atoms with Crippen molar-refractivity contribution in [2.45, 2.75) is 13.8 Å². The number of aryl methyl sites for hydroxylation is 1. The van der Waals surface area contributed by atoms with Gasteiger partial charge in [0.25, 0.3) is 5.91 Å². The summed E-state index contributed by atoms with van der Waals surface area (Å²) < 4.78 is 22.0. The molecule has 4 aromatic rings. The lowest BCUT2D eigenvalue weighted by Crippen LogP contribution is -2.22. The van der Waals surface area contributed by atoms with Crippen molar-refractivity contribution in [3.63, 3.8) is 0 Å². The number of methoxy groups -OCH3 is 1. The number of nitrogens with one attached hydrogen (secondary N) is 1. The normalized spacial score (nSPS) is 10.9. The maximum Gasteiger partial charge on any atom is 0.343 e. The van der Waals surface area contributed by atoms with E-state index in [9.17, 15) is 9.59 Å². The number of amides is 1. The molecule has 0 spiro atoms. The zero-order valence-electron chi connectivity index (χ0n) is 20.0. The molecule has 0 bridgehead atoms. The van der Waals surface area contributed by atoms with E-state index in [1.54, 1.807) is 56.3 Å². The number of hydrogen-bond donors (Lipinski definition) is 2. The smallest absolute Gasteiger partial charge is 0.343 e. The van der Waals surface area contributed by atoms with Gasteiger partial charge >= 0.3 is 5.97 Å². The summed E-state index contributed by atoms with van der Waals surface area (Å²) in [5.74, 6) is -0.148. The van der Waals surface area contributed by atoms with E-state index < -0.39 is 11.9 Å². The van der Waals surface area contributed by atoms with E-state index in [-0.39, 0.29) is 23.1 Å². The van der Waals surface area contributed by atoms with Crippen molar-refractivity contribution < 1.29 is 28.4 Å². The van der Waals surface area contributed by atoms with Crippen LogP contribution in [0.25, 0.3) is 5.82 Å². The van der Waals surface area contributed by atoms with Crippen molar-refractivity contribution in [2.75, 3.05) is 19.5 Å². The molecule has 4 rings (SSSR count). The Kier molecular flexibility index (Phi) is 7.37. The number of carbonyl (C=O) groups excluding carboxylic acids is 2. The van der Waals surface area contributed by atoms with E-state index in [4.69, 9.17) is 19.9 Å². The molecule has 0 aliphatic carbocycles. The maximum absolute atomic E-state index is 12.7. The van der Waals surface area contributed by atoms with Gasteiger partial charge in [-0.15, -0.1) is 5.10 Å². The van der Waals surface area contributed by atoms with E-state index in [2.05, 4.69) is 35.8 Å². The Bertz CT molecular complexity index is 1460. The third kappa shape index (κ3) is 5.53. The van der Waals surface area contributed by atoms with Crippen LogP contribution in [-0.2, 0) is 0 Å². The Morgan fingerprint density at radius 1 is 1.19 bits per heavy atom. The molecule has 0 atom stereocenters. The number of hydrogen-bond acceptors (Lipinski definition) is 12. The van der Waals surface area contributed by atoms with E-state index in [0.29, 0.717) is 34.9 Å². The molecular weight excluding hydrogens is 484 g/mol. The molecule has 14 nitrogen and oxygen atoms in total. The van der Waals surface area contributed by atoms with Crippen LogP contribution < -0.4 is 25.4 Å². The number of esters is 1. The molecule has 190 valence electrons. The van der Waals surface area contributed by atoms with Crippen LogP contribution in [0.3, 0.4) is 0 Å². The molecule has 0 aliphatic heterocycles. The number of anilines is 1. The summed E-state index contributed by atoms with van der Waals surface area (Å²) >= 11 is 0. The standard InChI is InChI=1S/C23H22N8O6/c1-4-35-18-10-14(8-9-17(18)36-23(33)15-6-5-7-16(11-15)34-3)12-25-27-22(32)19-13(2)26-30-31(19)21-20(24)28-37-29-21/h5-12H,4H2,1-3H3,(H2,24,28)(H,27,32). The molecule has 0 fully saturated rings. The minimum absolute atomic E-state index is 0.0233. The first-order chi connectivity index (χ1) is 17.9. The average Bonchev–Trinajstić information content (AvgIpc) is 3.50. The zero-order valence-corrected chi connectivity index (χ0v) is 20.0. The van der Waals surface area contributed by atoms with Crippen molar-refractivity contribution in [3.05, 3.63) is 65.0 Å². The van der Waals surface area contributed by atoms with Crippen LogP contribution in [0.1, 0.15) is 39.0 Å². The molecule has 0 saturated carbocycles. The molecule has 0 unspecified atom stereocenters. The fourth-order valence-corrected chi connectivity index (χ4v) is 3.19. The third-order valence-corrected chi connectivity index (χ3v) is 4.91. The molecule has 14 heteroatoms. The van der Waals surface area contributed by atoms with Gasteiger partial charge in [-0.3, -0.25) is 4.79 Å². The fraction of sp³-hybridized carbons (Fsp3) is 0.174. The first-order valence-electron chi connectivity index (χ1n) is 10.9. The number of benzene rings is 2. The fourth-order valence-electron chi connectivity index (χ4n) is 3.19. The summed E-state index contributed by atoms with van der Waals surface area (Å²) in [7, 11) is 1.51. The van der Waals surface area contributed by atoms with Crippen LogP contribution in [0.5, 0.6) is 17.2 Å². The van der Waals surface area contributed by atoms with Gasteiger partial charge in [0.15, 0.2) is 17.2 Å². The number of carbonyl (C=O) groups is 2. The molecule has 0 saturated heterocycles. The van der Waals surface area contributed by atoms with Crippen LogP contribution in [0.2, 0.25) is 0 Å². The number of nitrogens with two attached hydrogens (primary N) is 1. The molecule has 0 aliphatic rings. The predicted octanol–water partition coefficient (Wildman–Crippen LogP) is 1.93. The van der Waals surface area contributed by atoms with Gasteiger partial charge in [-0.2, -0.15) is 9.78 Å². The van der Waals surface area contributed by atoms with Gasteiger partial charge in [0.1, 0.15) is 5.75 Å². The van der Waals surface area contributed by atoms with Gasteiger partial charge in [0.2, 0.25) is 11.6 Å². The number of rotatable bonds is 9. The van der Waals surface area contributed by atoms with Gasteiger partial charge in [0, 0.05) is 0 Å². The van der Waals surface area contributed by atoms with E-state index >= 15 is 0 Å². The van der Waals surface area contributed by atoms with Gasteiger partial charge in [-0.05, 0) is 66.1 Å². The highest BCUT2D eigenvalue weighted by Crippen LogP contribution is 2.29. The third-order valence-electron chi connectivity index (χ3n) is 4.91. The Morgan fingerprint density at radius 3 is 2.76 bits per heavy atom. The van der Waals surface area contributed by atoms with Crippen LogP contribution in [0, 0.1) is 6.92 Å².